The summed E-state index contributed by atoms with van der Waals surface area (Å²) in [7, 11) is -0.681. The molecule has 26 heavy (non-hydrogen) atoms. The first kappa shape index (κ1) is 19.7. The number of nitrogens with one attached hydrogen (secondary N) is 1. The van der Waals surface area contributed by atoms with E-state index in [-0.39, 0.29) is 22.9 Å². The van der Waals surface area contributed by atoms with Gasteiger partial charge in [0.15, 0.2) is 0 Å². The summed E-state index contributed by atoms with van der Waals surface area (Å²) in [5.74, 6) is 0.0597. The number of nitro groups is 1. The Morgan fingerprint density at radius 2 is 1.88 bits per heavy atom. The fourth-order valence-electron chi connectivity index (χ4n) is 2.40. The fraction of sp³-hybridized carbons (Fsp3) is 0.294. The SMILES string of the molecule is COc1ccc([N+](=O)[O-])cc1S(=O)(=O)NCCCN(C)c1ccccc1. The number of methoxy groups -OCH3 is 1. The fourth-order valence-corrected chi connectivity index (χ4v) is 3.66. The number of hydrogen-bond donors (Lipinski definition) is 1. The van der Waals surface area contributed by atoms with Crippen molar-refractivity contribution in [2.24, 2.45) is 0 Å². The van der Waals surface area contributed by atoms with Crippen molar-refractivity contribution in [3.05, 3.63) is 58.6 Å². The molecule has 2 aromatic rings. The van der Waals surface area contributed by atoms with E-state index in [4.69, 9.17) is 4.74 Å². The van der Waals surface area contributed by atoms with E-state index >= 15 is 0 Å². The summed E-state index contributed by atoms with van der Waals surface area (Å²) in [6, 6.07) is 13.2. The molecule has 0 saturated heterocycles. The maximum Gasteiger partial charge on any atom is 0.271 e. The summed E-state index contributed by atoms with van der Waals surface area (Å²) in [6.07, 6.45) is 0.571. The first-order chi connectivity index (χ1) is 12.3. The zero-order valence-corrected chi connectivity index (χ0v) is 15.4. The maximum atomic E-state index is 12.5. The third kappa shape index (κ3) is 4.93. The molecule has 0 aliphatic carbocycles. The highest BCUT2D eigenvalue weighted by Gasteiger charge is 2.22. The van der Waals surface area contributed by atoms with Gasteiger partial charge in [-0.2, -0.15) is 0 Å². The smallest absolute Gasteiger partial charge is 0.271 e. The van der Waals surface area contributed by atoms with Crippen LogP contribution >= 0.6 is 0 Å². The van der Waals surface area contributed by atoms with Crippen molar-refractivity contribution in [3.63, 3.8) is 0 Å². The van der Waals surface area contributed by atoms with Crippen molar-refractivity contribution in [1.29, 1.82) is 0 Å². The molecule has 2 rings (SSSR count). The Bertz CT molecular complexity index is 856. The monoisotopic (exact) mass is 379 g/mol. The molecular formula is C17H21N3O5S. The molecule has 0 bridgehead atoms. The van der Waals surface area contributed by atoms with Gasteiger partial charge < -0.3 is 9.64 Å². The number of rotatable bonds is 9. The van der Waals surface area contributed by atoms with Crippen LogP contribution in [0, 0.1) is 10.1 Å². The Hall–Kier alpha value is -2.65. The van der Waals surface area contributed by atoms with Crippen LogP contribution in [0.3, 0.4) is 0 Å². The summed E-state index contributed by atoms with van der Waals surface area (Å²) < 4.78 is 32.4. The van der Waals surface area contributed by atoms with E-state index in [1.807, 2.05) is 42.3 Å². The summed E-state index contributed by atoms with van der Waals surface area (Å²) >= 11 is 0. The number of nitrogens with zero attached hydrogens (tertiary/aromatic N) is 2. The first-order valence-corrected chi connectivity index (χ1v) is 9.42. The quantitative estimate of drug-likeness (QED) is 0.408. The standard InChI is InChI=1S/C17H21N3O5S/c1-19(14-7-4-3-5-8-14)12-6-11-18-26(23,24)17-13-15(20(21)22)9-10-16(17)25-2/h3-5,7-10,13,18H,6,11-12H2,1-2H3. The largest absolute Gasteiger partial charge is 0.495 e. The second-order valence-electron chi connectivity index (χ2n) is 5.60. The number of sulfonamides is 1. The van der Waals surface area contributed by atoms with Gasteiger partial charge in [-0.05, 0) is 24.6 Å². The van der Waals surface area contributed by atoms with Crippen LogP contribution in [0.5, 0.6) is 5.75 Å². The minimum atomic E-state index is -3.92. The molecule has 0 aliphatic heterocycles. The number of nitro benzene ring substituents is 1. The molecule has 8 nitrogen and oxygen atoms in total. The Balaban J connectivity index is 2.00. The van der Waals surface area contributed by atoms with Gasteiger partial charge in [0, 0.05) is 38.0 Å². The highest BCUT2D eigenvalue weighted by Crippen LogP contribution is 2.27. The highest BCUT2D eigenvalue weighted by atomic mass is 32.2. The van der Waals surface area contributed by atoms with Gasteiger partial charge in [-0.25, -0.2) is 13.1 Å². The molecule has 0 fully saturated rings. The van der Waals surface area contributed by atoms with E-state index in [1.54, 1.807) is 0 Å². The lowest BCUT2D eigenvalue weighted by Gasteiger charge is -2.19. The average Bonchev–Trinajstić information content (AvgIpc) is 2.65. The molecular weight excluding hydrogens is 358 g/mol. The normalized spacial score (nSPS) is 11.2. The van der Waals surface area contributed by atoms with E-state index < -0.39 is 14.9 Å². The van der Waals surface area contributed by atoms with Crippen LogP contribution in [-0.4, -0.2) is 40.6 Å². The lowest BCUT2D eigenvalue weighted by molar-refractivity contribution is -0.385. The summed E-state index contributed by atoms with van der Waals surface area (Å²) in [4.78, 5) is 12.0. The summed E-state index contributed by atoms with van der Waals surface area (Å²) in [6.45, 7) is 0.851. The second-order valence-corrected chi connectivity index (χ2v) is 7.34. The Morgan fingerprint density at radius 1 is 1.19 bits per heavy atom. The second kappa shape index (κ2) is 8.63. The third-order valence-corrected chi connectivity index (χ3v) is 5.29. The van der Waals surface area contributed by atoms with Crippen LogP contribution in [0.4, 0.5) is 11.4 Å². The van der Waals surface area contributed by atoms with Crippen LogP contribution in [0.2, 0.25) is 0 Å². The minimum Gasteiger partial charge on any atom is -0.495 e. The molecule has 1 N–H and O–H groups in total. The number of hydrogen-bond acceptors (Lipinski definition) is 6. The zero-order valence-electron chi connectivity index (χ0n) is 14.6. The molecule has 2 aromatic carbocycles. The van der Waals surface area contributed by atoms with Crippen LogP contribution in [0.25, 0.3) is 0 Å². The molecule has 0 spiro atoms. The van der Waals surface area contributed by atoms with Crippen LogP contribution in [0.15, 0.2) is 53.4 Å². The highest BCUT2D eigenvalue weighted by molar-refractivity contribution is 7.89. The topological polar surface area (TPSA) is 102 Å². The van der Waals surface area contributed by atoms with Gasteiger partial charge in [-0.15, -0.1) is 0 Å². The molecule has 0 radical (unpaired) electrons. The predicted molar refractivity (Wildman–Crippen MR) is 99.2 cm³/mol. The van der Waals surface area contributed by atoms with E-state index in [0.717, 1.165) is 11.8 Å². The predicted octanol–water partition coefficient (Wildman–Crippen LogP) is 2.41. The number of benzene rings is 2. The van der Waals surface area contributed by atoms with Gasteiger partial charge in [0.25, 0.3) is 5.69 Å². The molecule has 0 amide bonds. The van der Waals surface area contributed by atoms with E-state index in [0.29, 0.717) is 13.0 Å². The van der Waals surface area contributed by atoms with E-state index in [9.17, 15) is 18.5 Å². The number of ether oxygens (including phenoxy) is 1. The lowest BCUT2D eigenvalue weighted by atomic mass is 10.3. The van der Waals surface area contributed by atoms with Gasteiger partial charge >= 0.3 is 0 Å². The Kier molecular flexibility index (Phi) is 6.53. The third-order valence-electron chi connectivity index (χ3n) is 3.81. The number of para-hydroxylation sites is 1. The van der Waals surface area contributed by atoms with Gasteiger partial charge in [0.05, 0.1) is 12.0 Å². The lowest BCUT2D eigenvalue weighted by Crippen LogP contribution is -2.28. The Labute approximate surface area is 152 Å². The average molecular weight is 379 g/mol. The van der Waals surface area contributed by atoms with Crippen LogP contribution < -0.4 is 14.4 Å². The maximum absolute atomic E-state index is 12.5. The van der Waals surface area contributed by atoms with Crippen LogP contribution in [-0.2, 0) is 10.0 Å². The molecule has 0 atom stereocenters. The summed E-state index contributed by atoms with van der Waals surface area (Å²) in [5.41, 5.74) is 0.727. The van der Waals surface area contributed by atoms with Crippen molar-refractivity contribution in [3.8, 4) is 5.75 Å². The minimum absolute atomic E-state index is 0.0597. The van der Waals surface area contributed by atoms with E-state index in [1.165, 1.54) is 19.2 Å². The van der Waals surface area contributed by atoms with Gasteiger partial charge in [-0.1, -0.05) is 18.2 Å². The number of anilines is 1. The molecule has 140 valence electrons. The summed E-state index contributed by atoms with van der Waals surface area (Å²) in [5, 5.41) is 10.9. The molecule has 9 heteroatoms. The Morgan fingerprint density at radius 3 is 2.50 bits per heavy atom. The van der Waals surface area contributed by atoms with Crippen molar-refractivity contribution < 1.29 is 18.1 Å². The zero-order chi connectivity index (χ0) is 19.2. The molecule has 0 aliphatic rings. The van der Waals surface area contributed by atoms with Gasteiger partial charge in [-0.3, -0.25) is 10.1 Å². The van der Waals surface area contributed by atoms with Gasteiger partial charge in [0.2, 0.25) is 10.0 Å². The van der Waals surface area contributed by atoms with E-state index in [2.05, 4.69) is 4.72 Å². The van der Waals surface area contributed by atoms with Crippen LogP contribution in [0.1, 0.15) is 6.42 Å². The van der Waals surface area contributed by atoms with Crippen molar-refractivity contribution in [1.82, 2.24) is 4.72 Å². The van der Waals surface area contributed by atoms with Gasteiger partial charge in [0.1, 0.15) is 10.6 Å². The number of non-ortho nitro benzene ring substituents is 1. The van der Waals surface area contributed by atoms with Crippen molar-refractivity contribution in [2.75, 3.05) is 32.1 Å². The molecule has 0 unspecified atom stereocenters. The molecule has 0 heterocycles. The molecule has 0 aromatic heterocycles. The first-order valence-electron chi connectivity index (χ1n) is 7.93. The molecule has 0 saturated carbocycles. The van der Waals surface area contributed by atoms with Crippen molar-refractivity contribution >= 4 is 21.4 Å². The van der Waals surface area contributed by atoms with Crippen molar-refractivity contribution in [2.45, 2.75) is 11.3 Å².